The van der Waals surface area contributed by atoms with Crippen molar-refractivity contribution in [3.63, 3.8) is 0 Å². The summed E-state index contributed by atoms with van der Waals surface area (Å²) in [5.41, 5.74) is 0. The van der Waals surface area contributed by atoms with Crippen molar-refractivity contribution in [3.05, 3.63) is 0 Å². The van der Waals surface area contributed by atoms with Gasteiger partial charge in [-0.1, -0.05) is 19.8 Å². The third-order valence-corrected chi connectivity index (χ3v) is 3.22. The van der Waals surface area contributed by atoms with Crippen molar-refractivity contribution in [1.82, 2.24) is 5.32 Å². The third kappa shape index (κ3) is 3.90. The number of rotatable bonds is 5. The zero-order valence-electron chi connectivity index (χ0n) is 9.11. The maximum absolute atomic E-state index is 10.7. The lowest BCUT2D eigenvalue weighted by atomic mass is 9.78. The van der Waals surface area contributed by atoms with Crippen LogP contribution in [0.1, 0.15) is 39.0 Å². The summed E-state index contributed by atoms with van der Waals surface area (Å²) in [6.07, 6.45) is 5.07. The van der Waals surface area contributed by atoms with Crippen LogP contribution in [0.4, 0.5) is 0 Å². The Morgan fingerprint density at radius 1 is 1.60 bits per heavy atom. The van der Waals surface area contributed by atoms with Gasteiger partial charge in [-0.15, -0.1) is 0 Å². The van der Waals surface area contributed by atoms with Gasteiger partial charge in [-0.05, 0) is 24.7 Å². The largest absolute Gasteiger partial charge is 0.481 e. The fourth-order valence-corrected chi connectivity index (χ4v) is 2.48. The van der Waals surface area contributed by atoms with E-state index < -0.39 is 5.97 Å². The zero-order valence-corrected chi connectivity index (χ0v) is 9.11. The Morgan fingerprint density at radius 3 is 2.87 bits per heavy atom. The van der Waals surface area contributed by atoms with Crippen LogP contribution >= 0.6 is 0 Å². The lowest BCUT2D eigenvalue weighted by molar-refractivity contribution is -0.138. The highest BCUT2D eigenvalue weighted by Crippen LogP contribution is 2.31. The minimum Gasteiger partial charge on any atom is -0.481 e. The van der Waals surface area contributed by atoms with Crippen molar-refractivity contribution >= 4 is 12.4 Å². The van der Waals surface area contributed by atoms with Crippen LogP contribution in [0.25, 0.3) is 0 Å². The molecule has 0 heterocycles. The van der Waals surface area contributed by atoms with Gasteiger partial charge in [0.25, 0.3) is 0 Å². The first-order valence-electron chi connectivity index (χ1n) is 5.55. The van der Waals surface area contributed by atoms with E-state index in [-0.39, 0.29) is 12.5 Å². The molecule has 0 aromatic rings. The molecular weight excluding hydrogens is 194 g/mol. The van der Waals surface area contributed by atoms with Crippen LogP contribution in [0.15, 0.2) is 0 Å². The molecule has 0 radical (unpaired) electrons. The van der Waals surface area contributed by atoms with Crippen molar-refractivity contribution in [2.24, 2.45) is 11.8 Å². The molecule has 1 rings (SSSR count). The molecule has 86 valence electrons. The predicted molar refractivity (Wildman–Crippen MR) is 56.4 cm³/mol. The summed E-state index contributed by atoms with van der Waals surface area (Å²) in [6, 6.07) is -0.192. The summed E-state index contributed by atoms with van der Waals surface area (Å²) in [5, 5.41) is 11.4. The van der Waals surface area contributed by atoms with E-state index in [0.29, 0.717) is 18.2 Å². The molecular formula is C11H19NO3. The van der Waals surface area contributed by atoms with E-state index in [9.17, 15) is 9.59 Å². The molecule has 3 atom stereocenters. The fourth-order valence-electron chi connectivity index (χ4n) is 2.48. The van der Waals surface area contributed by atoms with E-state index in [1.165, 1.54) is 6.42 Å². The molecule has 0 spiro atoms. The topological polar surface area (TPSA) is 66.4 Å². The normalized spacial score (nSPS) is 28.1. The number of carboxylic acid groups (broad SMARTS) is 1. The van der Waals surface area contributed by atoms with Crippen LogP contribution in [-0.2, 0) is 9.59 Å². The monoisotopic (exact) mass is 213 g/mol. The van der Waals surface area contributed by atoms with Gasteiger partial charge >= 0.3 is 5.97 Å². The van der Waals surface area contributed by atoms with E-state index in [1.807, 2.05) is 0 Å². The van der Waals surface area contributed by atoms with Crippen LogP contribution < -0.4 is 5.32 Å². The second kappa shape index (κ2) is 5.73. The SMILES string of the molecule is CC1CCCC(C(CC(=O)O)NC=O)C1. The molecule has 0 bridgehead atoms. The van der Waals surface area contributed by atoms with Gasteiger partial charge < -0.3 is 10.4 Å². The Bertz CT molecular complexity index is 230. The molecule has 1 saturated carbocycles. The summed E-state index contributed by atoms with van der Waals surface area (Å²) in [6.45, 7) is 2.19. The number of nitrogens with one attached hydrogen (secondary N) is 1. The summed E-state index contributed by atoms with van der Waals surface area (Å²) >= 11 is 0. The van der Waals surface area contributed by atoms with Gasteiger partial charge in [-0.3, -0.25) is 9.59 Å². The molecule has 4 heteroatoms. The van der Waals surface area contributed by atoms with Crippen LogP contribution in [0.5, 0.6) is 0 Å². The maximum atomic E-state index is 10.7. The summed E-state index contributed by atoms with van der Waals surface area (Å²) in [7, 11) is 0. The van der Waals surface area contributed by atoms with Crippen molar-refractivity contribution in [1.29, 1.82) is 0 Å². The lowest BCUT2D eigenvalue weighted by Gasteiger charge is -2.32. The van der Waals surface area contributed by atoms with Gasteiger partial charge in [-0.25, -0.2) is 0 Å². The molecule has 2 N–H and O–H groups in total. The van der Waals surface area contributed by atoms with Gasteiger partial charge in [0.15, 0.2) is 0 Å². The third-order valence-electron chi connectivity index (χ3n) is 3.22. The molecule has 0 aliphatic heterocycles. The molecule has 0 aromatic heterocycles. The number of carboxylic acids is 1. The van der Waals surface area contributed by atoms with Gasteiger partial charge in [0.05, 0.1) is 6.42 Å². The van der Waals surface area contributed by atoms with E-state index in [2.05, 4.69) is 12.2 Å². The zero-order chi connectivity index (χ0) is 11.3. The highest BCUT2D eigenvalue weighted by molar-refractivity contribution is 5.68. The predicted octanol–water partition coefficient (Wildman–Crippen LogP) is 1.40. The smallest absolute Gasteiger partial charge is 0.305 e. The van der Waals surface area contributed by atoms with Crippen molar-refractivity contribution in [2.45, 2.75) is 45.1 Å². The number of amides is 1. The second-order valence-electron chi connectivity index (χ2n) is 4.52. The van der Waals surface area contributed by atoms with E-state index in [0.717, 1.165) is 19.3 Å². The number of hydrogen-bond donors (Lipinski definition) is 2. The first-order valence-corrected chi connectivity index (χ1v) is 5.55. The molecule has 1 amide bonds. The molecule has 1 aliphatic carbocycles. The lowest BCUT2D eigenvalue weighted by Crippen LogP contribution is -2.39. The fraction of sp³-hybridized carbons (Fsp3) is 0.818. The van der Waals surface area contributed by atoms with Gasteiger partial charge in [0.1, 0.15) is 0 Å². The molecule has 1 fully saturated rings. The molecule has 0 saturated heterocycles. The average Bonchev–Trinajstić information content (AvgIpc) is 2.16. The maximum Gasteiger partial charge on any atom is 0.305 e. The van der Waals surface area contributed by atoms with Gasteiger partial charge in [-0.2, -0.15) is 0 Å². The first-order chi connectivity index (χ1) is 7.13. The number of hydrogen-bond acceptors (Lipinski definition) is 2. The van der Waals surface area contributed by atoms with E-state index in [1.54, 1.807) is 0 Å². The molecule has 4 nitrogen and oxygen atoms in total. The van der Waals surface area contributed by atoms with E-state index >= 15 is 0 Å². The Labute approximate surface area is 90.0 Å². The highest BCUT2D eigenvalue weighted by Gasteiger charge is 2.27. The second-order valence-corrected chi connectivity index (χ2v) is 4.52. The Balaban J connectivity index is 2.52. The molecule has 1 aliphatic rings. The Morgan fingerprint density at radius 2 is 2.33 bits per heavy atom. The summed E-state index contributed by atoms with van der Waals surface area (Å²) in [5.74, 6) is 0.135. The van der Waals surface area contributed by atoms with Gasteiger partial charge in [0, 0.05) is 6.04 Å². The van der Waals surface area contributed by atoms with Crippen LogP contribution in [0, 0.1) is 11.8 Å². The number of carbonyl (C=O) groups is 2. The highest BCUT2D eigenvalue weighted by atomic mass is 16.4. The van der Waals surface area contributed by atoms with E-state index in [4.69, 9.17) is 5.11 Å². The van der Waals surface area contributed by atoms with Crippen LogP contribution in [-0.4, -0.2) is 23.5 Å². The molecule has 3 unspecified atom stereocenters. The summed E-state index contributed by atoms with van der Waals surface area (Å²) in [4.78, 5) is 21.1. The minimum atomic E-state index is -0.840. The average molecular weight is 213 g/mol. The van der Waals surface area contributed by atoms with Crippen LogP contribution in [0.3, 0.4) is 0 Å². The first kappa shape index (κ1) is 12.0. The van der Waals surface area contributed by atoms with Gasteiger partial charge in [0.2, 0.25) is 6.41 Å². The Kier molecular flexibility index (Phi) is 4.59. The standard InChI is InChI=1S/C11H19NO3/c1-8-3-2-4-9(5-8)10(12-7-13)6-11(14)15/h7-10H,2-6H2,1H3,(H,12,13)(H,14,15). The number of carbonyl (C=O) groups excluding carboxylic acids is 1. The quantitative estimate of drug-likeness (QED) is 0.678. The van der Waals surface area contributed by atoms with Crippen molar-refractivity contribution in [3.8, 4) is 0 Å². The minimum absolute atomic E-state index is 0.0378. The summed E-state index contributed by atoms with van der Waals surface area (Å²) < 4.78 is 0. The molecule has 0 aromatic carbocycles. The van der Waals surface area contributed by atoms with Crippen molar-refractivity contribution in [2.75, 3.05) is 0 Å². The number of aliphatic carboxylic acids is 1. The molecule has 15 heavy (non-hydrogen) atoms. The van der Waals surface area contributed by atoms with Crippen LogP contribution in [0.2, 0.25) is 0 Å². The van der Waals surface area contributed by atoms with Crippen molar-refractivity contribution < 1.29 is 14.7 Å². The Hall–Kier alpha value is -1.06.